The number of furan rings is 1. The molecule has 0 aromatic carbocycles. The van der Waals surface area contributed by atoms with Crippen LogP contribution in [-0.4, -0.2) is 58.6 Å². The summed E-state index contributed by atoms with van der Waals surface area (Å²) in [5, 5.41) is 6.96. The lowest BCUT2D eigenvalue weighted by Gasteiger charge is -2.37. The lowest BCUT2D eigenvalue weighted by molar-refractivity contribution is 0.0527. The van der Waals surface area contributed by atoms with Crippen molar-refractivity contribution in [3.8, 4) is 11.5 Å². The molecule has 0 bridgehead atoms. The number of carbonyl (C=O) groups is 1. The number of piperazine rings is 1. The molecule has 2 aromatic heterocycles. The molecule has 1 atom stereocenters. The molecule has 1 N–H and O–H groups in total. The lowest BCUT2D eigenvalue weighted by atomic mass is 10.2. The summed E-state index contributed by atoms with van der Waals surface area (Å²) in [5.41, 5.74) is 1.16. The first kappa shape index (κ1) is 12.9. The summed E-state index contributed by atoms with van der Waals surface area (Å²) in [5.74, 6) is 0.655. The Morgan fingerprint density at radius 3 is 3.05 bits per heavy atom. The molecule has 1 unspecified atom stereocenters. The van der Waals surface area contributed by atoms with Gasteiger partial charge in [-0.2, -0.15) is 5.10 Å². The highest BCUT2D eigenvalue weighted by Gasteiger charge is 2.28. The van der Waals surface area contributed by atoms with Gasteiger partial charge in [0.05, 0.1) is 6.26 Å². The summed E-state index contributed by atoms with van der Waals surface area (Å²) in [6, 6.07) is 5.58. The fourth-order valence-electron chi connectivity index (χ4n) is 2.58. The molecule has 106 valence electrons. The van der Waals surface area contributed by atoms with Gasteiger partial charge in [-0.3, -0.25) is 9.89 Å². The SMILES string of the molecule is CC1CN(C)CCN1C(=O)c1cc(-c2ccco2)[nH]n1. The number of H-pyrrole nitrogens is 1. The van der Waals surface area contributed by atoms with Crippen molar-refractivity contribution in [1.82, 2.24) is 20.0 Å². The second kappa shape index (κ2) is 5.13. The number of likely N-dealkylation sites (N-methyl/N-ethyl adjacent to an activating group) is 1. The smallest absolute Gasteiger partial charge is 0.274 e. The Morgan fingerprint density at radius 2 is 2.35 bits per heavy atom. The summed E-state index contributed by atoms with van der Waals surface area (Å²) in [6.45, 7) is 4.58. The molecule has 1 fully saturated rings. The van der Waals surface area contributed by atoms with E-state index >= 15 is 0 Å². The highest BCUT2D eigenvalue weighted by molar-refractivity contribution is 5.93. The molecule has 3 rings (SSSR count). The average Bonchev–Trinajstić information content (AvgIpc) is 3.09. The molecule has 0 spiro atoms. The zero-order valence-electron chi connectivity index (χ0n) is 11.7. The van der Waals surface area contributed by atoms with Gasteiger partial charge in [0.1, 0.15) is 5.69 Å². The average molecular weight is 274 g/mol. The van der Waals surface area contributed by atoms with Gasteiger partial charge in [0.2, 0.25) is 0 Å². The highest BCUT2D eigenvalue weighted by Crippen LogP contribution is 2.19. The molecule has 6 nitrogen and oxygen atoms in total. The number of rotatable bonds is 2. The summed E-state index contributed by atoms with van der Waals surface area (Å²) in [4.78, 5) is 16.6. The molecule has 1 aliphatic heterocycles. The first-order chi connectivity index (χ1) is 9.65. The Morgan fingerprint density at radius 1 is 1.50 bits per heavy atom. The van der Waals surface area contributed by atoms with Crippen LogP contribution >= 0.6 is 0 Å². The third kappa shape index (κ3) is 2.34. The van der Waals surface area contributed by atoms with Gasteiger partial charge < -0.3 is 14.2 Å². The number of aromatic amines is 1. The number of hydrogen-bond acceptors (Lipinski definition) is 4. The van der Waals surface area contributed by atoms with Gasteiger partial charge >= 0.3 is 0 Å². The lowest BCUT2D eigenvalue weighted by Crippen LogP contribution is -2.52. The zero-order chi connectivity index (χ0) is 14.1. The Kier molecular flexibility index (Phi) is 3.31. The summed E-state index contributed by atoms with van der Waals surface area (Å²) >= 11 is 0. The molecule has 6 heteroatoms. The van der Waals surface area contributed by atoms with Crippen LogP contribution in [0.3, 0.4) is 0 Å². The number of nitrogens with zero attached hydrogens (tertiary/aromatic N) is 3. The summed E-state index contributed by atoms with van der Waals surface area (Å²) in [6.07, 6.45) is 1.60. The van der Waals surface area contributed by atoms with Gasteiger partial charge in [-0.05, 0) is 26.1 Å². The van der Waals surface area contributed by atoms with Crippen LogP contribution in [0.5, 0.6) is 0 Å². The fraction of sp³-hybridized carbons (Fsp3) is 0.429. The number of hydrogen-bond donors (Lipinski definition) is 1. The Labute approximate surface area is 117 Å². The van der Waals surface area contributed by atoms with Crippen molar-refractivity contribution in [3.63, 3.8) is 0 Å². The van der Waals surface area contributed by atoms with Gasteiger partial charge in [0.15, 0.2) is 11.5 Å². The molecule has 1 amide bonds. The summed E-state index contributed by atoms with van der Waals surface area (Å²) < 4.78 is 5.29. The van der Waals surface area contributed by atoms with Crippen LogP contribution in [0.15, 0.2) is 28.9 Å². The Balaban J connectivity index is 1.78. The maximum atomic E-state index is 12.5. The predicted octanol–water partition coefficient (Wildman–Crippen LogP) is 1.45. The second-order valence-corrected chi connectivity index (χ2v) is 5.25. The van der Waals surface area contributed by atoms with Gasteiger partial charge in [-0.25, -0.2) is 0 Å². The van der Waals surface area contributed by atoms with E-state index in [1.165, 1.54) is 0 Å². The minimum absolute atomic E-state index is 0.0281. The van der Waals surface area contributed by atoms with Crippen molar-refractivity contribution in [1.29, 1.82) is 0 Å². The molecular weight excluding hydrogens is 256 g/mol. The van der Waals surface area contributed by atoms with Crippen molar-refractivity contribution in [2.24, 2.45) is 0 Å². The third-order valence-electron chi connectivity index (χ3n) is 3.68. The quantitative estimate of drug-likeness (QED) is 0.900. The van der Waals surface area contributed by atoms with E-state index in [0.717, 1.165) is 25.3 Å². The molecule has 0 saturated carbocycles. The number of nitrogens with one attached hydrogen (secondary N) is 1. The normalized spacial score (nSPS) is 20.3. The van der Waals surface area contributed by atoms with E-state index in [1.807, 2.05) is 11.0 Å². The van der Waals surface area contributed by atoms with Crippen molar-refractivity contribution in [2.45, 2.75) is 13.0 Å². The maximum absolute atomic E-state index is 12.5. The topological polar surface area (TPSA) is 65.4 Å². The van der Waals surface area contributed by atoms with Gasteiger partial charge in [0.25, 0.3) is 5.91 Å². The predicted molar refractivity (Wildman–Crippen MR) is 74.3 cm³/mol. The first-order valence-electron chi connectivity index (χ1n) is 6.74. The van der Waals surface area contributed by atoms with Crippen molar-refractivity contribution in [3.05, 3.63) is 30.2 Å². The molecule has 20 heavy (non-hydrogen) atoms. The molecule has 1 saturated heterocycles. The van der Waals surface area contributed by atoms with E-state index in [9.17, 15) is 4.79 Å². The minimum atomic E-state index is -0.0281. The molecular formula is C14H18N4O2. The van der Waals surface area contributed by atoms with Crippen LogP contribution < -0.4 is 0 Å². The number of amides is 1. The minimum Gasteiger partial charge on any atom is -0.463 e. The van der Waals surface area contributed by atoms with E-state index < -0.39 is 0 Å². The van der Waals surface area contributed by atoms with Crippen LogP contribution in [0.4, 0.5) is 0 Å². The fourth-order valence-corrected chi connectivity index (χ4v) is 2.58. The van der Waals surface area contributed by atoms with Crippen molar-refractivity contribution in [2.75, 3.05) is 26.7 Å². The number of aromatic nitrogens is 2. The molecule has 0 aliphatic carbocycles. The molecule has 2 aromatic rings. The first-order valence-corrected chi connectivity index (χ1v) is 6.74. The number of carbonyl (C=O) groups excluding carboxylic acids is 1. The van der Waals surface area contributed by atoms with Crippen LogP contribution in [0.25, 0.3) is 11.5 Å². The summed E-state index contributed by atoms with van der Waals surface area (Å²) in [7, 11) is 2.07. The molecule has 0 radical (unpaired) electrons. The maximum Gasteiger partial charge on any atom is 0.274 e. The highest BCUT2D eigenvalue weighted by atomic mass is 16.3. The van der Waals surface area contributed by atoms with E-state index in [1.54, 1.807) is 18.4 Å². The Hall–Kier alpha value is -2.08. The second-order valence-electron chi connectivity index (χ2n) is 5.25. The third-order valence-corrected chi connectivity index (χ3v) is 3.68. The largest absolute Gasteiger partial charge is 0.463 e. The molecule has 1 aliphatic rings. The Bertz CT molecular complexity index is 590. The van der Waals surface area contributed by atoms with Crippen molar-refractivity contribution >= 4 is 5.91 Å². The van der Waals surface area contributed by atoms with E-state index in [-0.39, 0.29) is 11.9 Å². The zero-order valence-corrected chi connectivity index (χ0v) is 11.7. The van der Waals surface area contributed by atoms with Crippen LogP contribution in [0.2, 0.25) is 0 Å². The van der Waals surface area contributed by atoms with Crippen LogP contribution in [-0.2, 0) is 0 Å². The van der Waals surface area contributed by atoms with E-state index in [2.05, 4.69) is 29.1 Å². The van der Waals surface area contributed by atoms with Crippen LogP contribution in [0, 0.1) is 0 Å². The molecule has 3 heterocycles. The van der Waals surface area contributed by atoms with Crippen molar-refractivity contribution < 1.29 is 9.21 Å². The van der Waals surface area contributed by atoms with Gasteiger partial charge in [-0.1, -0.05) is 0 Å². The van der Waals surface area contributed by atoms with Crippen LogP contribution in [0.1, 0.15) is 17.4 Å². The monoisotopic (exact) mass is 274 g/mol. The standard InChI is InChI=1S/C14H18N4O2/c1-10-9-17(2)5-6-18(10)14(19)12-8-11(15-16-12)13-4-3-7-20-13/h3-4,7-8,10H,5-6,9H2,1-2H3,(H,15,16). The van der Waals surface area contributed by atoms with Gasteiger partial charge in [0, 0.05) is 31.7 Å². The van der Waals surface area contributed by atoms with Gasteiger partial charge in [-0.15, -0.1) is 0 Å². The van der Waals surface area contributed by atoms with E-state index in [0.29, 0.717) is 11.5 Å². The van der Waals surface area contributed by atoms with E-state index in [4.69, 9.17) is 4.42 Å².